The van der Waals surface area contributed by atoms with Gasteiger partial charge in [0.05, 0.1) is 17.3 Å². The number of hydrogen-bond donors (Lipinski definition) is 1. The fraction of sp³-hybridized carbons (Fsp3) is 0.368. The first-order valence-electron chi connectivity index (χ1n) is 8.10. The molecule has 24 heavy (non-hydrogen) atoms. The maximum atomic E-state index is 13.6. The first-order chi connectivity index (χ1) is 11.3. The molecule has 1 atom stereocenters. The molecule has 0 saturated carbocycles. The van der Waals surface area contributed by atoms with Gasteiger partial charge in [-0.15, -0.1) is 0 Å². The standard InChI is InChI=1S/C19H21FN2O2/c1-10-17(11(2)21-18(10)13(4)23)19(24)22-8-7-14-5-6-15(20)9-16(14)12(22)3/h5-6,9,12,21H,7-8H2,1-4H3/t12-/m1/s1. The summed E-state index contributed by atoms with van der Waals surface area (Å²) in [6, 6.07) is 4.57. The van der Waals surface area contributed by atoms with E-state index in [1.54, 1.807) is 24.8 Å². The quantitative estimate of drug-likeness (QED) is 0.854. The molecule has 1 N–H and O–H groups in total. The lowest BCUT2D eigenvalue weighted by Crippen LogP contribution is -2.39. The van der Waals surface area contributed by atoms with E-state index in [2.05, 4.69) is 4.98 Å². The fourth-order valence-electron chi connectivity index (χ4n) is 3.63. The molecule has 0 bridgehead atoms. The van der Waals surface area contributed by atoms with Crippen LogP contribution in [0.5, 0.6) is 0 Å². The highest BCUT2D eigenvalue weighted by Crippen LogP contribution is 2.32. The lowest BCUT2D eigenvalue weighted by atomic mass is 9.92. The predicted molar refractivity (Wildman–Crippen MR) is 89.8 cm³/mol. The van der Waals surface area contributed by atoms with Gasteiger partial charge in [0.1, 0.15) is 5.82 Å². The van der Waals surface area contributed by atoms with Gasteiger partial charge in [-0.25, -0.2) is 4.39 Å². The Hall–Kier alpha value is -2.43. The molecule has 1 aliphatic rings. The minimum atomic E-state index is -0.289. The first kappa shape index (κ1) is 16.4. The smallest absolute Gasteiger partial charge is 0.256 e. The highest BCUT2D eigenvalue weighted by atomic mass is 19.1. The second-order valence-electron chi connectivity index (χ2n) is 6.45. The van der Waals surface area contributed by atoms with E-state index in [0.29, 0.717) is 35.5 Å². The number of rotatable bonds is 2. The van der Waals surface area contributed by atoms with Crippen molar-refractivity contribution in [2.75, 3.05) is 6.54 Å². The Kier molecular flexibility index (Phi) is 4.03. The molecule has 0 saturated heterocycles. The van der Waals surface area contributed by atoms with Crippen LogP contribution < -0.4 is 0 Å². The largest absolute Gasteiger partial charge is 0.355 e. The fourth-order valence-corrected chi connectivity index (χ4v) is 3.63. The van der Waals surface area contributed by atoms with E-state index in [9.17, 15) is 14.0 Å². The van der Waals surface area contributed by atoms with E-state index < -0.39 is 0 Å². The van der Waals surface area contributed by atoms with Crippen LogP contribution in [-0.4, -0.2) is 28.1 Å². The Morgan fingerprint density at radius 1 is 1.29 bits per heavy atom. The van der Waals surface area contributed by atoms with Crippen LogP contribution in [0.4, 0.5) is 4.39 Å². The number of halogens is 1. The number of hydrogen-bond acceptors (Lipinski definition) is 2. The van der Waals surface area contributed by atoms with Gasteiger partial charge in [-0.2, -0.15) is 0 Å². The molecule has 1 aromatic heterocycles. The van der Waals surface area contributed by atoms with Crippen molar-refractivity contribution in [3.05, 3.63) is 57.7 Å². The third-order valence-electron chi connectivity index (χ3n) is 4.91. The Bertz CT molecular complexity index is 838. The number of aromatic amines is 1. The number of amides is 1. The van der Waals surface area contributed by atoms with Gasteiger partial charge in [0, 0.05) is 19.2 Å². The van der Waals surface area contributed by atoms with Gasteiger partial charge in [-0.05, 0) is 56.0 Å². The van der Waals surface area contributed by atoms with Gasteiger partial charge < -0.3 is 9.88 Å². The minimum Gasteiger partial charge on any atom is -0.355 e. The van der Waals surface area contributed by atoms with Gasteiger partial charge in [0.25, 0.3) is 5.91 Å². The number of ketones is 1. The molecule has 0 spiro atoms. The van der Waals surface area contributed by atoms with Gasteiger partial charge in [-0.1, -0.05) is 6.07 Å². The highest BCUT2D eigenvalue weighted by molar-refractivity contribution is 6.02. The number of aromatic nitrogens is 1. The van der Waals surface area contributed by atoms with Gasteiger partial charge >= 0.3 is 0 Å². The van der Waals surface area contributed by atoms with Crippen LogP contribution in [0.2, 0.25) is 0 Å². The molecule has 1 amide bonds. The summed E-state index contributed by atoms with van der Waals surface area (Å²) in [6.45, 7) is 7.57. The highest BCUT2D eigenvalue weighted by Gasteiger charge is 2.31. The van der Waals surface area contributed by atoms with Gasteiger partial charge in [-0.3, -0.25) is 9.59 Å². The summed E-state index contributed by atoms with van der Waals surface area (Å²) >= 11 is 0. The Balaban J connectivity index is 1.99. The Labute approximate surface area is 140 Å². The van der Waals surface area contributed by atoms with Crippen molar-refractivity contribution < 1.29 is 14.0 Å². The average Bonchev–Trinajstić information content (AvgIpc) is 2.83. The molecule has 0 unspecified atom stereocenters. The zero-order valence-electron chi connectivity index (χ0n) is 14.4. The zero-order valence-corrected chi connectivity index (χ0v) is 14.4. The lowest BCUT2D eigenvalue weighted by Gasteiger charge is -2.35. The van der Waals surface area contributed by atoms with Crippen molar-refractivity contribution >= 4 is 11.7 Å². The zero-order chi connectivity index (χ0) is 17.6. The number of benzene rings is 1. The van der Waals surface area contributed by atoms with E-state index >= 15 is 0 Å². The summed E-state index contributed by atoms with van der Waals surface area (Å²) in [7, 11) is 0. The summed E-state index contributed by atoms with van der Waals surface area (Å²) in [5, 5.41) is 0. The van der Waals surface area contributed by atoms with Crippen LogP contribution in [0, 0.1) is 19.7 Å². The van der Waals surface area contributed by atoms with E-state index in [0.717, 1.165) is 11.1 Å². The second-order valence-corrected chi connectivity index (χ2v) is 6.45. The van der Waals surface area contributed by atoms with E-state index in [1.807, 2.05) is 6.92 Å². The third kappa shape index (κ3) is 2.54. The molecule has 3 rings (SSSR count). The number of carbonyl (C=O) groups excluding carboxylic acids is 2. The second kappa shape index (κ2) is 5.89. The summed E-state index contributed by atoms with van der Waals surface area (Å²) in [4.78, 5) is 29.6. The van der Waals surface area contributed by atoms with Crippen LogP contribution in [0.1, 0.15) is 63.1 Å². The Morgan fingerprint density at radius 3 is 2.62 bits per heavy atom. The maximum absolute atomic E-state index is 13.6. The lowest BCUT2D eigenvalue weighted by molar-refractivity contribution is 0.0676. The average molecular weight is 328 g/mol. The molecule has 0 fully saturated rings. The van der Waals surface area contributed by atoms with Crippen molar-refractivity contribution in [2.45, 2.75) is 40.2 Å². The van der Waals surface area contributed by atoms with Crippen molar-refractivity contribution in [3.63, 3.8) is 0 Å². The van der Waals surface area contributed by atoms with Crippen molar-refractivity contribution in [1.82, 2.24) is 9.88 Å². The molecule has 1 aliphatic heterocycles. The summed E-state index contributed by atoms with van der Waals surface area (Å²) < 4.78 is 13.6. The normalized spacial score (nSPS) is 16.9. The maximum Gasteiger partial charge on any atom is 0.256 e. The van der Waals surface area contributed by atoms with E-state index in [1.165, 1.54) is 19.1 Å². The molecule has 1 aromatic carbocycles. The number of aryl methyl sites for hydroxylation is 1. The van der Waals surface area contributed by atoms with E-state index in [-0.39, 0.29) is 23.5 Å². The van der Waals surface area contributed by atoms with Crippen LogP contribution in [-0.2, 0) is 6.42 Å². The molecule has 126 valence electrons. The monoisotopic (exact) mass is 328 g/mol. The van der Waals surface area contributed by atoms with Crippen LogP contribution in [0.15, 0.2) is 18.2 Å². The molecule has 4 nitrogen and oxygen atoms in total. The summed E-state index contributed by atoms with van der Waals surface area (Å²) in [6.07, 6.45) is 0.702. The first-order valence-corrected chi connectivity index (χ1v) is 8.10. The predicted octanol–water partition coefficient (Wildman–Crippen LogP) is 3.73. The number of nitrogens with zero attached hydrogens (tertiary/aromatic N) is 1. The van der Waals surface area contributed by atoms with E-state index in [4.69, 9.17) is 0 Å². The molecular formula is C19H21FN2O2. The van der Waals surface area contributed by atoms with Crippen molar-refractivity contribution in [2.24, 2.45) is 0 Å². The Morgan fingerprint density at radius 2 is 2.00 bits per heavy atom. The third-order valence-corrected chi connectivity index (χ3v) is 4.91. The molecular weight excluding hydrogens is 307 g/mol. The van der Waals surface area contributed by atoms with Crippen molar-refractivity contribution in [3.8, 4) is 0 Å². The SMILES string of the molecule is CC(=O)c1[nH]c(C)c(C(=O)N2CCc3ccc(F)cc3[C@H]2C)c1C. The molecule has 0 aliphatic carbocycles. The molecule has 2 heterocycles. The number of Topliss-reactive ketones (excluding diaryl/α,β-unsaturated/α-hetero) is 1. The van der Waals surface area contributed by atoms with Gasteiger partial charge in [0.2, 0.25) is 0 Å². The molecule has 5 heteroatoms. The number of fused-ring (bicyclic) bond motifs is 1. The molecule has 2 aromatic rings. The minimum absolute atomic E-state index is 0.0891. The number of nitrogens with one attached hydrogen (secondary N) is 1. The van der Waals surface area contributed by atoms with Crippen LogP contribution in [0.25, 0.3) is 0 Å². The van der Waals surface area contributed by atoms with Crippen LogP contribution in [0.3, 0.4) is 0 Å². The summed E-state index contributed by atoms with van der Waals surface area (Å²) in [5.74, 6) is -0.493. The molecule has 0 radical (unpaired) electrons. The van der Waals surface area contributed by atoms with Gasteiger partial charge in [0.15, 0.2) is 5.78 Å². The summed E-state index contributed by atoms with van der Waals surface area (Å²) in [5.41, 5.74) is 4.34. The number of H-pyrrole nitrogens is 1. The number of carbonyl (C=O) groups is 2. The van der Waals surface area contributed by atoms with Crippen LogP contribution >= 0.6 is 0 Å². The topological polar surface area (TPSA) is 53.2 Å². The van der Waals surface area contributed by atoms with Crippen molar-refractivity contribution in [1.29, 1.82) is 0 Å².